The molecule has 0 bridgehead atoms. The predicted octanol–water partition coefficient (Wildman–Crippen LogP) is 2.73. The molecule has 1 aromatic rings. The molecule has 1 unspecified atom stereocenters. The van der Waals surface area contributed by atoms with Crippen molar-refractivity contribution < 1.29 is 14.6 Å². The van der Waals surface area contributed by atoms with E-state index >= 15 is 0 Å². The lowest BCUT2D eigenvalue weighted by atomic mass is 9.89. The summed E-state index contributed by atoms with van der Waals surface area (Å²) in [4.78, 5) is 0. The van der Waals surface area contributed by atoms with E-state index in [0.717, 1.165) is 44.5 Å². The van der Waals surface area contributed by atoms with Crippen molar-refractivity contribution in [2.75, 3.05) is 13.2 Å². The number of phenolic OH excluding ortho intramolecular Hbond substituents is 1. The van der Waals surface area contributed by atoms with Gasteiger partial charge in [0.05, 0.1) is 13.2 Å². The van der Waals surface area contributed by atoms with Gasteiger partial charge in [0.25, 0.3) is 0 Å². The molecule has 4 nitrogen and oxygen atoms in total. The minimum absolute atomic E-state index is 0.242. The predicted molar refractivity (Wildman–Crippen MR) is 76.5 cm³/mol. The van der Waals surface area contributed by atoms with E-state index in [0.29, 0.717) is 11.8 Å². The van der Waals surface area contributed by atoms with E-state index in [2.05, 4.69) is 12.2 Å². The van der Waals surface area contributed by atoms with Crippen molar-refractivity contribution in [1.82, 2.24) is 5.32 Å². The first-order valence-corrected chi connectivity index (χ1v) is 7.50. The number of aromatic hydroxyl groups is 1. The molecule has 1 saturated carbocycles. The van der Waals surface area contributed by atoms with Gasteiger partial charge < -0.3 is 19.9 Å². The van der Waals surface area contributed by atoms with Crippen LogP contribution in [-0.2, 0) is 9.47 Å². The standard InChI is InChI=1S/C16H23NO3/c1-12(13-3-2-4-15(18)11-13)17-14-5-7-16(8-6-14)19-9-10-20-16/h2-4,11-12,14,17-18H,5-10H2,1H3. The summed E-state index contributed by atoms with van der Waals surface area (Å²) in [5.74, 6) is 0.0402. The number of ether oxygens (including phenoxy) is 2. The second-order valence-electron chi connectivity index (χ2n) is 5.87. The van der Waals surface area contributed by atoms with Crippen LogP contribution in [0.25, 0.3) is 0 Å². The Balaban J connectivity index is 1.54. The van der Waals surface area contributed by atoms with Crippen molar-refractivity contribution in [1.29, 1.82) is 0 Å². The van der Waals surface area contributed by atoms with Gasteiger partial charge in [-0.25, -0.2) is 0 Å². The van der Waals surface area contributed by atoms with Gasteiger partial charge in [-0.05, 0) is 37.5 Å². The average Bonchev–Trinajstić information content (AvgIpc) is 2.90. The SMILES string of the molecule is CC(NC1CCC2(CC1)OCCO2)c1cccc(O)c1. The molecular formula is C16H23NO3. The van der Waals surface area contributed by atoms with Gasteiger partial charge in [0.1, 0.15) is 5.75 Å². The lowest BCUT2D eigenvalue weighted by molar-refractivity contribution is -0.179. The van der Waals surface area contributed by atoms with Crippen LogP contribution >= 0.6 is 0 Å². The first-order valence-electron chi connectivity index (χ1n) is 7.50. The summed E-state index contributed by atoms with van der Waals surface area (Å²) >= 11 is 0. The largest absolute Gasteiger partial charge is 0.508 e. The van der Waals surface area contributed by atoms with E-state index in [1.54, 1.807) is 6.07 Å². The number of hydrogen-bond acceptors (Lipinski definition) is 4. The highest BCUT2D eigenvalue weighted by Crippen LogP contribution is 2.36. The Kier molecular flexibility index (Phi) is 3.96. The topological polar surface area (TPSA) is 50.7 Å². The molecule has 1 spiro atoms. The van der Waals surface area contributed by atoms with E-state index in [1.165, 1.54) is 0 Å². The zero-order valence-electron chi connectivity index (χ0n) is 12.0. The fourth-order valence-electron chi connectivity index (χ4n) is 3.25. The van der Waals surface area contributed by atoms with Gasteiger partial charge in [-0.2, -0.15) is 0 Å². The van der Waals surface area contributed by atoms with Crippen LogP contribution in [0.3, 0.4) is 0 Å². The van der Waals surface area contributed by atoms with Crippen LogP contribution < -0.4 is 5.32 Å². The molecule has 110 valence electrons. The Hall–Kier alpha value is -1.10. The van der Waals surface area contributed by atoms with Crippen molar-refractivity contribution in [3.63, 3.8) is 0 Å². The molecule has 20 heavy (non-hydrogen) atoms. The van der Waals surface area contributed by atoms with Crippen LogP contribution in [0.15, 0.2) is 24.3 Å². The summed E-state index contributed by atoms with van der Waals surface area (Å²) in [5, 5.41) is 13.2. The third kappa shape index (κ3) is 2.97. The first kappa shape index (κ1) is 13.9. The van der Waals surface area contributed by atoms with Crippen molar-refractivity contribution in [2.45, 2.75) is 50.5 Å². The molecule has 3 rings (SSSR count). The van der Waals surface area contributed by atoms with E-state index in [9.17, 15) is 5.11 Å². The molecule has 1 heterocycles. The van der Waals surface area contributed by atoms with Gasteiger partial charge in [0, 0.05) is 24.9 Å². The molecule has 4 heteroatoms. The molecule has 0 radical (unpaired) electrons. The van der Waals surface area contributed by atoms with Crippen molar-refractivity contribution in [3.05, 3.63) is 29.8 Å². The summed E-state index contributed by atoms with van der Waals surface area (Å²) < 4.78 is 11.5. The third-order valence-electron chi connectivity index (χ3n) is 4.42. The van der Waals surface area contributed by atoms with Gasteiger partial charge in [0.15, 0.2) is 5.79 Å². The number of benzene rings is 1. The Morgan fingerprint density at radius 3 is 2.60 bits per heavy atom. The minimum Gasteiger partial charge on any atom is -0.508 e. The zero-order chi connectivity index (χ0) is 14.0. The van der Waals surface area contributed by atoms with Crippen LogP contribution in [0, 0.1) is 0 Å². The number of hydrogen-bond donors (Lipinski definition) is 2. The fourth-order valence-corrected chi connectivity index (χ4v) is 3.25. The van der Waals surface area contributed by atoms with E-state index < -0.39 is 0 Å². The normalized spacial score (nSPS) is 24.1. The smallest absolute Gasteiger partial charge is 0.168 e. The number of rotatable bonds is 3. The van der Waals surface area contributed by atoms with Gasteiger partial charge in [-0.15, -0.1) is 0 Å². The highest BCUT2D eigenvalue weighted by atomic mass is 16.7. The molecular weight excluding hydrogens is 254 g/mol. The summed E-state index contributed by atoms with van der Waals surface area (Å²) in [5.41, 5.74) is 1.12. The molecule has 0 amide bonds. The second-order valence-corrected chi connectivity index (χ2v) is 5.87. The van der Waals surface area contributed by atoms with E-state index in [4.69, 9.17) is 9.47 Å². The third-order valence-corrected chi connectivity index (χ3v) is 4.42. The monoisotopic (exact) mass is 277 g/mol. The van der Waals surface area contributed by atoms with Gasteiger partial charge in [0.2, 0.25) is 0 Å². The molecule has 1 saturated heterocycles. The van der Waals surface area contributed by atoms with E-state index in [-0.39, 0.29) is 11.8 Å². The van der Waals surface area contributed by atoms with Crippen LogP contribution in [0.4, 0.5) is 0 Å². The Morgan fingerprint density at radius 1 is 1.25 bits per heavy atom. The van der Waals surface area contributed by atoms with Crippen LogP contribution in [-0.4, -0.2) is 30.1 Å². The van der Waals surface area contributed by atoms with Crippen LogP contribution in [0.5, 0.6) is 5.75 Å². The Bertz CT molecular complexity index is 447. The maximum absolute atomic E-state index is 9.55. The summed E-state index contributed by atoms with van der Waals surface area (Å²) in [6, 6.07) is 8.20. The number of phenols is 1. The average molecular weight is 277 g/mol. The Labute approximate surface area is 120 Å². The number of nitrogens with one attached hydrogen (secondary N) is 1. The summed E-state index contributed by atoms with van der Waals surface area (Å²) in [7, 11) is 0. The van der Waals surface area contributed by atoms with E-state index in [1.807, 2.05) is 18.2 Å². The lowest BCUT2D eigenvalue weighted by Gasteiger charge is -2.36. The highest BCUT2D eigenvalue weighted by Gasteiger charge is 2.40. The molecule has 2 N–H and O–H groups in total. The molecule has 2 aliphatic rings. The molecule has 1 aromatic carbocycles. The minimum atomic E-state index is -0.285. The van der Waals surface area contributed by atoms with Crippen molar-refractivity contribution in [3.8, 4) is 5.75 Å². The Morgan fingerprint density at radius 2 is 1.95 bits per heavy atom. The zero-order valence-corrected chi connectivity index (χ0v) is 12.0. The van der Waals surface area contributed by atoms with Crippen LogP contribution in [0.2, 0.25) is 0 Å². The molecule has 0 aromatic heterocycles. The van der Waals surface area contributed by atoms with Gasteiger partial charge in [-0.1, -0.05) is 12.1 Å². The summed E-state index contributed by atoms with van der Waals surface area (Å²) in [6.45, 7) is 3.61. The second kappa shape index (κ2) is 5.72. The van der Waals surface area contributed by atoms with Crippen molar-refractivity contribution >= 4 is 0 Å². The quantitative estimate of drug-likeness (QED) is 0.892. The lowest BCUT2D eigenvalue weighted by Crippen LogP contribution is -2.42. The van der Waals surface area contributed by atoms with Crippen LogP contribution in [0.1, 0.15) is 44.2 Å². The first-order chi connectivity index (χ1) is 9.67. The highest BCUT2D eigenvalue weighted by molar-refractivity contribution is 5.29. The molecule has 2 fully saturated rings. The summed E-state index contributed by atoms with van der Waals surface area (Å²) in [6.07, 6.45) is 4.08. The molecule has 1 atom stereocenters. The molecule has 1 aliphatic heterocycles. The van der Waals surface area contributed by atoms with Crippen molar-refractivity contribution in [2.24, 2.45) is 0 Å². The van der Waals surface area contributed by atoms with Gasteiger partial charge >= 0.3 is 0 Å². The van der Waals surface area contributed by atoms with Gasteiger partial charge in [-0.3, -0.25) is 0 Å². The molecule has 1 aliphatic carbocycles. The maximum Gasteiger partial charge on any atom is 0.168 e. The fraction of sp³-hybridized carbons (Fsp3) is 0.625. The maximum atomic E-state index is 9.55.